The Hall–Kier alpha value is -0.120. The summed E-state index contributed by atoms with van der Waals surface area (Å²) in [4.78, 5) is 0. The highest BCUT2D eigenvalue weighted by atomic mass is 16.5. The van der Waals surface area contributed by atoms with Crippen LogP contribution < -0.4 is 10.6 Å². The van der Waals surface area contributed by atoms with E-state index in [1.54, 1.807) is 7.11 Å². The zero-order valence-electron chi connectivity index (χ0n) is 8.38. The fourth-order valence-corrected chi connectivity index (χ4v) is 2.16. The van der Waals surface area contributed by atoms with Crippen LogP contribution >= 0.6 is 0 Å². The van der Waals surface area contributed by atoms with Gasteiger partial charge in [0, 0.05) is 25.7 Å². The molecule has 2 aliphatic rings. The molecule has 3 heteroatoms. The minimum atomic E-state index is 0.522. The van der Waals surface area contributed by atoms with Crippen LogP contribution in [0.2, 0.25) is 0 Å². The number of hydrogen-bond acceptors (Lipinski definition) is 3. The van der Waals surface area contributed by atoms with Crippen LogP contribution in [0.5, 0.6) is 0 Å². The van der Waals surface area contributed by atoms with Gasteiger partial charge in [-0.3, -0.25) is 0 Å². The lowest BCUT2D eigenvalue weighted by Crippen LogP contribution is -2.48. The Morgan fingerprint density at radius 2 is 2.31 bits per heavy atom. The third kappa shape index (κ3) is 2.42. The van der Waals surface area contributed by atoms with E-state index in [-0.39, 0.29) is 0 Å². The molecule has 13 heavy (non-hydrogen) atoms. The third-order valence-electron chi connectivity index (χ3n) is 3.24. The van der Waals surface area contributed by atoms with Crippen LogP contribution in [0.4, 0.5) is 0 Å². The van der Waals surface area contributed by atoms with E-state index >= 15 is 0 Å². The van der Waals surface area contributed by atoms with Crippen molar-refractivity contribution in [3.05, 3.63) is 0 Å². The molecule has 1 atom stereocenters. The Morgan fingerprint density at radius 3 is 2.92 bits per heavy atom. The smallest absolute Gasteiger partial charge is 0.0601 e. The lowest BCUT2D eigenvalue weighted by Gasteiger charge is -2.35. The normalized spacial score (nSPS) is 39.0. The molecule has 1 saturated heterocycles. The lowest BCUT2D eigenvalue weighted by molar-refractivity contribution is 0.0171. The number of methoxy groups -OCH3 is 1. The minimum absolute atomic E-state index is 0.522. The summed E-state index contributed by atoms with van der Waals surface area (Å²) in [6.07, 6.45) is 5.60. The first-order chi connectivity index (χ1) is 6.38. The van der Waals surface area contributed by atoms with Crippen molar-refractivity contribution in [3.8, 4) is 0 Å². The summed E-state index contributed by atoms with van der Waals surface area (Å²) in [6.45, 7) is 2.35. The second-order valence-electron chi connectivity index (χ2n) is 4.23. The van der Waals surface area contributed by atoms with Crippen molar-refractivity contribution < 1.29 is 4.74 Å². The molecule has 0 radical (unpaired) electrons. The molecule has 0 aromatic heterocycles. The maximum absolute atomic E-state index is 5.23. The first kappa shape index (κ1) is 9.44. The Bertz CT molecular complexity index is 151. The van der Waals surface area contributed by atoms with Gasteiger partial charge in [0.1, 0.15) is 0 Å². The highest BCUT2D eigenvalue weighted by molar-refractivity contribution is 4.87. The van der Waals surface area contributed by atoms with Crippen molar-refractivity contribution in [1.29, 1.82) is 0 Å². The van der Waals surface area contributed by atoms with Gasteiger partial charge in [-0.2, -0.15) is 0 Å². The fourth-order valence-electron chi connectivity index (χ4n) is 2.16. The Labute approximate surface area is 80.2 Å². The van der Waals surface area contributed by atoms with Crippen LogP contribution in [-0.2, 0) is 4.74 Å². The van der Waals surface area contributed by atoms with Crippen molar-refractivity contribution in [2.24, 2.45) is 0 Å². The number of ether oxygens (including phenoxy) is 1. The van der Waals surface area contributed by atoms with Crippen LogP contribution in [0.15, 0.2) is 0 Å². The predicted molar refractivity (Wildman–Crippen MR) is 52.8 cm³/mol. The van der Waals surface area contributed by atoms with Crippen molar-refractivity contribution in [2.75, 3.05) is 20.2 Å². The molecule has 3 nitrogen and oxygen atoms in total. The maximum atomic E-state index is 5.23. The standard InChI is InChI=1S/C10H20N2O/c1-13-10-5-9(6-10)12-7-8-3-2-4-11-8/h8-12H,2-7H2,1H3. The molecule has 2 rings (SSSR count). The van der Waals surface area contributed by atoms with E-state index in [1.165, 1.54) is 32.2 Å². The SMILES string of the molecule is COC1CC(NCC2CCCN2)C1. The quantitative estimate of drug-likeness (QED) is 0.668. The first-order valence-corrected chi connectivity index (χ1v) is 5.38. The molecule has 2 N–H and O–H groups in total. The Balaban J connectivity index is 1.54. The van der Waals surface area contributed by atoms with Gasteiger partial charge in [0.05, 0.1) is 6.10 Å². The molecule has 0 aromatic carbocycles. The number of hydrogen-bond donors (Lipinski definition) is 2. The summed E-state index contributed by atoms with van der Waals surface area (Å²) in [5.74, 6) is 0. The molecular weight excluding hydrogens is 164 g/mol. The fraction of sp³-hybridized carbons (Fsp3) is 1.00. The second kappa shape index (κ2) is 4.40. The molecular formula is C10H20N2O. The van der Waals surface area contributed by atoms with E-state index in [9.17, 15) is 0 Å². The molecule has 1 unspecified atom stereocenters. The van der Waals surface area contributed by atoms with E-state index in [2.05, 4.69) is 10.6 Å². The summed E-state index contributed by atoms with van der Waals surface area (Å²) < 4.78 is 5.23. The molecule has 0 aromatic rings. The van der Waals surface area contributed by atoms with E-state index in [4.69, 9.17) is 4.74 Å². The summed E-state index contributed by atoms with van der Waals surface area (Å²) in [7, 11) is 1.80. The van der Waals surface area contributed by atoms with Gasteiger partial charge in [-0.05, 0) is 32.2 Å². The van der Waals surface area contributed by atoms with Crippen molar-refractivity contribution in [1.82, 2.24) is 10.6 Å². The number of nitrogens with one attached hydrogen (secondary N) is 2. The highest BCUT2D eigenvalue weighted by Gasteiger charge is 2.29. The van der Waals surface area contributed by atoms with E-state index in [0.29, 0.717) is 12.1 Å². The van der Waals surface area contributed by atoms with Crippen molar-refractivity contribution >= 4 is 0 Å². The molecule has 2 fully saturated rings. The van der Waals surface area contributed by atoms with E-state index in [1.807, 2.05) is 0 Å². The summed E-state index contributed by atoms with van der Waals surface area (Å²) >= 11 is 0. The third-order valence-corrected chi connectivity index (χ3v) is 3.24. The van der Waals surface area contributed by atoms with Gasteiger partial charge in [-0.1, -0.05) is 0 Å². The molecule has 76 valence electrons. The van der Waals surface area contributed by atoms with Gasteiger partial charge in [0.15, 0.2) is 0 Å². The average molecular weight is 184 g/mol. The minimum Gasteiger partial charge on any atom is -0.381 e. The van der Waals surface area contributed by atoms with Gasteiger partial charge >= 0.3 is 0 Å². The van der Waals surface area contributed by atoms with Gasteiger partial charge in [0.2, 0.25) is 0 Å². The predicted octanol–water partition coefficient (Wildman–Crippen LogP) is 0.505. The maximum Gasteiger partial charge on any atom is 0.0601 e. The molecule has 0 spiro atoms. The topological polar surface area (TPSA) is 33.3 Å². The van der Waals surface area contributed by atoms with Crippen LogP contribution in [0, 0.1) is 0 Å². The molecule has 1 aliphatic heterocycles. The zero-order chi connectivity index (χ0) is 9.10. The molecule has 1 saturated carbocycles. The molecule has 1 aliphatic carbocycles. The summed E-state index contributed by atoms with van der Waals surface area (Å²) in [5.41, 5.74) is 0. The van der Waals surface area contributed by atoms with Gasteiger partial charge < -0.3 is 15.4 Å². The van der Waals surface area contributed by atoms with Crippen molar-refractivity contribution in [2.45, 2.75) is 43.9 Å². The van der Waals surface area contributed by atoms with Crippen LogP contribution in [-0.4, -0.2) is 38.4 Å². The molecule has 0 bridgehead atoms. The van der Waals surface area contributed by atoms with Gasteiger partial charge in [-0.15, -0.1) is 0 Å². The van der Waals surface area contributed by atoms with E-state index < -0.39 is 0 Å². The van der Waals surface area contributed by atoms with Gasteiger partial charge in [0.25, 0.3) is 0 Å². The Morgan fingerprint density at radius 1 is 1.46 bits per heavy atom. The Kier molecular flexibility index (Phi) is 3.19. The molecule has 1 heterocycles. The first-order valence-electron chi connectivity index (χ1n) is 5.38. The van der Waals surface area contributed by atoms with E-state index in [0.717, 1.165) is 12.6 Å². The van der Waals surface area contributed by atoms with Crippen molar-refractivity contribution in [3.63, 3.8) is 0 Å². The zero-order valence-corrected chi connectivity index (χ0v) is 8.38. The largest absolute Gasteiger partial charge is 0.381 e. The van der Waals surface area contributed by atoms with Gasteiger partial charge in [-0.25, -0.2) is 0 Å². The van der Waals surface area contributed by atoms with Crippen LogP contribution in [0.3, 0.4) is 0 Å². The summed E-state index contributed by atoms with van der Waals surface area (Å²) in [5, 5.41) is 7.07. The monoisotopic (exact) mass is 184 g/mol. The lowest BCUT2D eigenvalue weighted by atomic mass is 9.89. The second-order valence-corrected chi connectivity index (χ2v) is 4.23. The highest BCUT2D eigenvalue weighted by Crippen LogP contribution is 2.22. The van der Waals surface area contributed by atoms with Crippen LogP contribution in [0.1, 0.15) is 25.7 Å². The summed E-state index contributed by atoms with van der Waals surface area (Å²) in [6, 6.07) is 1.44. The average Bonchev–Trinajstić information content (AvgIpc) is 2.54. The number of rotatable bonds is 4. The molecule has 0 amide bonds. The van der Waals surface area contributed by atoms with Crippen LogP contribution in [0.25, 0.3) is 0 Å².